The molecule has 0 bridgehead atoms. The minimum absolute atomic E-state index is 0.0402. The van der Waals surface area contributed by atoms with Gasteiger partial charge in [-0.1, -0.05) is 30.3 Å². The van der Waals surface area contributed by atoms with Gasteiger partial charge in [0.1, 0.15) is 12.6 Å². The third-order valence-electron chi connectivity index (χ3n) is 4.24. The molecule has 2 heterocycles. The van der Waals surface area contributed by atoms with E-state index < -0.39 is 0 Å². The van der Waals surface area contributed by atoms with Crippen LogP contribution in [-0.2, 0) is 22.6 Å². The molecule has 1 aliphatic heterocycles. The van der Waals surface area contributed by atoms with Crippen LogP contribution in [0.4, 0.5) is 0 Å². The molecule has 3 rings (SSSR count). The van der Waals surface area contributed by atoms with Gasteiger partial charge in [0.25, 0.3) is 0 Å². The molecule has 0 aliphatic carbocycles. The van der Waals surface area contributed by atoms with Crippen molar-refractivity contribution in [3.05, 3.63) is 52.2 Å². The molecule has 7 nitrogen and oxygen atoms in total. The van der Waals surface area contributed by atoms with Crippen LogP contribution >= 0.6 is 0 Å². The highest BCUT2D eigenvalue weighted by Gasteiger charge is 2.35. The fourth-order valence-corrected chi connectivity index (χ4v) is 3.06. The van der Waals surface area contributed by atoms with Crippen molar-refractivity contribution < 1.29 is 9.53 Å². The maximum atomic E-state index is 12.6. The molecule has 7 heteroatoms. The Hall–Kier alpha value is -2.41. The van der Waals surface area contributed by atoms with E-state index in [1.807, 2.05) is 44.2 Å². The highest BCUT2D eigenvalue weighted by atomic mass is 16.5. The molecule has 1 amide bonds. The van der Waals surface area contributed by atoms with Crippen molar-refractivity contribution in [3.8, 4) is 0 Å². The first-order chi connectivity index (χ1) is 11.7. The van der Waals surface area contributed by atoms with E-state index in [9.17, 15) is 9.59 Å². The van der Waals surface area contributed by atoms with E-state index in [1.54, 1.807) is 9.47 Å². The number of hydrogen-bond acceptors (Lipinski definition) is 4. The van der Waals surface area contributed by atoms with E-state index >= 15 is 0 Å². The molecule has 0 saturated heterocycles. The summed E-state index contributed by atoms with van der Waals surface area (Å²) in [6.07, 6.45) is 0. The molecule has 128 valence electrons. The maximum absolute atomic E-state index is 12.6. The van der Waals surface area contributed by atoms with E-state index in [4.69, 9.17) is 4.74 Å². The highest BCUT2D eigenvalue weighted by Crippen LogP contribution is 2.29. The third kappa shape index (κ3) is 2.87. The molecule has 0 N–H and O–H groups in total. The van der Waals surface area contributed by atoms with Gasteiger partial charge in [-0.2, -0.15) is 5.10 Å². The lowest BCUT2D eigenvalue weighted by molar-refractivity contribution is -0.138. The SMILES string of the molecule is CCOCC(=O)N1CCn2c(nn(CC)c2=O)C1c1ccccc1. The number of amides is 1. The number of carbonyl (C=O) groups is 1. The van der Waals surface area contributed by atoms with E-state index in [0.717, 1.165) is 5.56 Å². The van der Waals surface area contributed by atoms with Gasteiger partial charge in [0.2, 0.25) is 5.91 Å². The molecule has 0 saturated carbocycles. The standard InChI is InChI=1S/C17H22N4O3/c1-3-21-17(23)20-11-10-19(14(22)12-24-4-2)15(16(20)18-21)13-8-6-5-7-9-13/h5-9,15H,3-4,10-12H2,1-2H3. The van der Waals surface area contributed by atoms with Crippen molar-refractivity contribution in [2.75, 3.05) is 19.8 Å². The normalized spacial score (nSPS) is 16.9. The molecule has 0 fully saturated rings. The van der Waals surface area contributed by atoms with E-state index in [2.05, 4.69) is 5.10 Å². The quantitative estimate of drug-likeness (QED) is 0.821. The van der Waals surface area contributed by atoms with Crippen LogP contribution in [-0.4, -0.2) is 44.9 Å². The number of nitrogens with zero attached hydrogens (tertiary/aromatic N) is 4. The molecule has 24 heavy (non-hydrogen) atoms. The van der Waals surface area contributed by atoms with Crippen molar-refractivity contribution in [2.24, 2.45) is 0 Å². The summed E-state index contributed by atoms with van der Waals surface area (Å²) in [5.74, 6) is 0.527. The summed E-state index contributed by atoms with van der Waals surface area (Å²) >= 11 is 0. The highest BCUT2D eigenvalue weighted by molar-refractivity contribution is 5.78. The number of aryl methyl sites for hydroxylation is 1. The Morgan fingerprint density at radius 1 is 1.25 bits per heavy atom. The Labute approximate surface area is 140 Å². The Kier molecular flexibility index (Phi) is 4.80. The zero-order valence-electron chi connectivity index (χ0n) is 14.0. The summed E-state index contributed by atoms with van der Waals surface area (Å²) in [5.41, 5.74) is 0.821. The Bertz CT molecular complexity index is 766. The van der Waals surface area contributed by atoms with E-state index in [-0.39, 0.29) is 24.2 Å². The fraction of sp³-hybridized carbons (Fsp3) is 0.471. The number of hydrogen-bond donors (Lipinski definition) is 0. The fourth-order valence-electron chi connectivity index (χ4n) is 3.06. The minimum Gasteiger partial charge on any atom is -0.372 e. The average Bonchev–Trinajstić information content (AvgIpc) is 2.95. The topological polar surface area (TPSA) is 69.4 Å². The van der Waals surface area contributed by atoms with Gasteiger partial charge in [0.05, 0.1) is 0 Å². The molecule has 2 aromatic rings. The Morgan fingerprint density at radius 3 is 2.67 bits per heavy atom. The molecule has 1 unspecified atom stereocenters. The van der Waals surface area contributed by atoms with Gasteiger partial charge >= 0.3 is 5.69 Å². The molecule has 1 atom stereocenters. The summed E-state index contributed by atoms with van der Waals surface area (Å²) in [6, 6.07) is 9.32. The summed E-state index contributed by atoms with van der Waals surface area (Å²) in [4.78, 5) is 26.8. The third-order valence-corrected chi connectivity index (χ3v) is 4.24. The van der Waals surface area contributed by atoms with Gasteiger partial charge < -0.3 is 9.64 Å². The van der Waals surface area contributed by atoms with Crippen molar-refractivity contribution in [1.82, 2.24) is 19.2 Å². The van der Waals surface area contributed by atoms with Crippen LogP contribution in [0.3, 0.4) is 0 Å². The molecule has 0 radical (unpaired) electrons. The first-order valence-electron chi connectivity index (χ1n) is 8.27. The Morgan fingerprint density at radius 2 is 2.00 bits per heavy atom. The van der Waals surface area contributed by atoms with Crippen LogP contribution in [0.1, 0.15) is 31.3 Å². The average molecular weight is 330 g/mol. The second-order valence-electron chi connectivity index (χ2n) is 5.65. The number of carbonyl (C=O) groups excluding carboxylic acids is 1. The van der Waals surface area contributed by atoms with Crippen LogP contribution in [0.25, 0.3) is 0 Å². The smallest absolute Gasteiger partial charge is 0.346 e. The molecule has 1 aliphatic rings. The van der Waals surface area contributed by atoms with Crippen LogP contribution < -0.4 is 5.69 Å². The number of aromatic nitrogens is 3. The molecule has 1 aromatic carbocycles. The van der Waals surface area contributed by atoms with E-state index in [0.29, 0.717) is 32.1 Å². The molecular formula is C17H22N4O3. The lowest BCUT2D eigenvalue weighted by Crippen LogP contribution is -2.46. The van der Waals surface area contributed by atoms with Crippen molar-refractivity contribution in [1.29, 1.82) is 0 Å². The van der Waals surface area contributed by atoms with Crippen LogP contribution in [0.15, 0.2) is 35.1 Å². The van der Waals surface area contributed by atoms with Crippen molar-refractivity contribution in [3.63, 3.8) is 0 Å². The summed E-state index contributed by atoms with van der Waals surface area (Å²) in [6.45, 7) is 5.70. The van der Waals surface area contributed by atoms with Crippen LogP contribution in [0.5, 0.6) is 0 Å². The Balaban J connectivity index is 2.05. The van der Waals surface area contributed by atoms with Crippen LogP contribution in [0, 0.1) is 0 Å². The molecule has 0 spiro atoms. The maximum Gasteiger partial charge on any atom is 0.346 e. The van der Waals surface area contributed by atoms with Crippen molar-refractivity contribution >= 4 is 5.91 Å². The predicted molar refractivity (Wildman–Crippen MR) is 88.7 cm³/mol. The van der Waals surface area contributed by atoms with E-state index in [1.165, 1.54) is 4.68 Å². The first-order valence-corrected chi connectivity index (χ1v) is 8.27. The second kappa shape index (κ2) is 7.00. The number of ether oxygens (including phenoxy) is 1. The number of benzene rings is 1. The van der Waals surface area contributed by atoms with Gasteiger partial charge in [-0.3, -0.25) is 9.36 Å². The van der Waals surface area contributed by atoms with Gasteiger partial charge in [-0.25, -0.2) is 9.48 Å². The molecule has 1 aromatic heterocycles. The monoisotopic (exact) mass is 330 g/mol. The van der Waals surface area contributed by atoms with Gasteiger partial charge in [-0.15, -0.1) is 0 Å². The summed E-state index contributed by atoms with van der Waals surface area (Å²) in [5, 5.41) is 4.47. The van der Waals surface area contributed by atoms with Gasteiger partial charge in [-0.05, 0) is 19.4 Å². The van der Waals surface area contributed by atoms with Crippen molar-refractivity contribution in [2.45, 2.75) is 33.0 Å². The van der Waals surface area contributed by atoms with Crippen LogP contribution in [0.2, 0.25) is 0 Å². The molecular weight excluding hydrogens is 308 g/mol. The predicted octanol–water partition coefficient (Wildman–Crippen LogP) is 1.03. The lowest BCUT2D eigenvalue weighted by Gasteiger charge is -2.35. The number of fused-ring (bicyclic) bond motifs is 1. The van der Waals surface area contributed by atoms with Gasteiger partial charge in [0, 0.05) is 26.2 Å². The number of rotatable bonds is 5. The summed E-state index contributed by atoms with van der Waals surface area (Å²) in [7, 11) is 0. The summed E-state index contributed by atoms with van der Waals surface area (Å²) < 4.78 is 8.40. The second-order valence-corrected chi connectivity index (χ2v) is 5.65. The minimum atomic E-state index is -0.367. The zero-order valence-corrected chi connectivity index (χ0v) is 14.0. The lowest BCUT2D eigenvalue weighted by atomic mass is 10.0. The zero-order chi connectivity index (χ0) is 17.1. The largest absolute Gasteiger partial charge is 0.372 e. The first kappa shape index (κ1) is 16.4. The van der Waals surface area contributed by atoms with Gasteiger partial charge in [0.15, 0.2) is 5.82 Å².